The first-order valence-corrected chi connectivity index (χ1v) is 8.16. The van der Waals surface area contributed by atoms with Crippen LogP contribution in [0.15, 0.2) is 53.0 Å². The standard InChI is InChI=1S/C18H16BrNO3/c1-12-5-7-16(8-6-12)23-18(22)13-9-17(21)20(11-13)15-4-2-3-14(19)10-15/h2-8,10,13H,9,11H2,1H3. The van der Waals surface area contributed by atoms with Crippen molar-refractivity contribution < 1.29 is 14.3 Å². The fourth-order valence-corrected chi connectivity index (χ4v) is 2.95. The average Bonchev–Trinajstić information content (AvgIpc) is 2.92. The van der Waals surface area contributed by atoms with Gasteiger partial charge >= 0.3 is 5.97 Å². The Morgan fingerprint density at radius 2 is 1.96 bits per heavy atom. The minimum atomic E-state index is -0.442. The van der Waals surface area contributed by atoms with Crippen LogP contribution in [0.3, 0.4) is 0 Å². The minimum absolute atomic E-state index is 0.0612. The van der Waals surface area contributed by atoms with Gasteiger partial charge in [0.05, 0.1) is 5.92 Å². The van der Waals surface area contributed by atoms with E-state index in [2.05, 4.69) is 15.9 Å². The van der Waals surface area contributed by atoms with Crippen LogP contribution in [-0.4, -0.2) is 18.4 Å². The molecule has 1 aliphatic heterocycles. The zero-order valence-electron chi connectivity index (χ0n) is 12.7. The van der Waals surface area contributed by atoms with Crippen LogP contribution < -0.4 is 9.64 Å². The summed E-state index contributed by atoms with van der Waals surface area (Å²) in [4.78, 5) is 26.1. The number of halogens is 1. The van der Waals surface area contributed by atoms with Gasteiger partial charge in [-0.2, -0.15) is 0 Å². The number of anilines is 1. The molecule has 1 heterocycles. The zero-order chi connectivity index (χ0) is 16.4. The highest BCUT2D eigenvalue weighted by atomic mass is 79.9. The molecule has 23 heavy (non-hydrogen) atoms. The van der Waals surface area contributed by atoms with E-state index < -0.39 is 5.92 Å². The van der Waals surface area contributed by atoms with Crippen molar-refractivity contribution in [3.8, 4) is 5.75 Å². The van der Waals surface area contributed by atoms with E-state index in [-0.39, 0.29) is 18.3 Å². The smallest absolute Gasteiger partial charge is 0.316 e. The molecule has 1 unspecified atom stereocenters. The zero-order valence-corrected chi connectivity index (χ0v) is 14.2. The molecule has 2 aromatic rings. The molecular formula is C18H16BrNO3. The van der Waals surface area contributed by atoms with Crippen LogP contribution in [0, 0.1) is 12.8 Å². The van der Waals surface area contributed by atoms with Gasteiger partial charge in [-0.1, -0.05) is 39.7 Å². The van der Waals surface area contributed by atoms with Gasteiger partial charge in [-0.25, -0.2) is 0 Å². The molecular weight excluding hydrogens is 358 g/mol. The van der Waals surface area contributed by atoms with Crippen LogP contribution in [0.5, 0.6) is 5.75 Å². The number of carbonyl (C=O) groups is 2. The molecule has 0 spiro atoms. The van der Waals surface area contributed by atoms with E-state index in [4.69, 9.17) is 4.74 Å². The van der Waals surface area contributed by atoms with Gasteiger partial charge in [-0.15, -0.1) is 0 Å². The Hall–Kier alpha value is -2.14. The Morgan fingerprint density at radius 1 is 1.22 bits per heavy atom. The summed E-state index contributed by atoms with van der Waals surface area (Å²) in [7, 11) is 0. The molecule has 0 saturated carbocycles. The van der Waals surface area contributed by atoms with E-state index >= 15 is 0 Å². The fourth-order valence-electron chi connectivity index (χ4n) is 2.56. The molecule has 3 rings (SSSR count). The summed E-state index contributed by atoms with van der Waals surface area (Å²) < 4.78 is 6.28. The van der Waals surface area contributed by atoms with Crippen LogP contribution in [0.2, 0.25) is 0 Å². The lowest BCUT2D eigenvalue weighted by Gasteiger charge is -2.16. The van der Waals surface area contributed by atoms with Crippen LogP contribution >= 0.6 is 15.9 Å². The van der Waals surface area contributed by atoms with Gasteiger partial charge in [-0.05, 0) is 37.3 Å². The summed E-state index contributed by atoms with van der Waals surface area (Å²) in [5, 5.41) is 0. The first-order chi connectivity index (χ1) is 11.0. The lowest BCUT2D eigenvalue weighted by molar-refractivity contribution is -0.139. The molecule has 1 fully saturated rings. The SMILES string of the molecule is Cc1ccc(OC(=O)C2CC(=O)N(c3cccc(Br)c3)C2)cc1. The number of aryl methyl sites for hydroxylation is 1. The van der Waals surface area contributed by atoms with Gasteiger partial charge in [0.25, 0.3) is 0 Å². The van der Waals surface area contributed by atoms with Crippen LogP contribution in [0.1, 0.15) is 12.0 Å². The number of esters is 1. The first kappa shape index (κ1) is 15.7. The van der Waals surface area contributed by atoms with Crippen LogP contribution in [-0.2, 0) is 9.59 Å². The number of carbonyl (C=O) groups excluding carboxylic acids is 2. The van der Waals surface area contributed by atoms with Crippen molar-refractivity contribution in [1.82, 2.24) is 0 Å². The average molecular weight is 374 g/mol. The maximum Gasteiger partial charge on any atom is 0.316 e. The van der Waals surface area contributed by atoms with Crippen molar-refractivity contribution in [3.05, 3.63) is 58.6 Å². The van der Waals surface area contributed by atoms with Gasteiger partial charge in [0.2, 0.25) is 5.91 Å². The minimum Gasteiger partial charge on any atom is -0.426 e. The van der Waals surface area contributed by atoms with Crippen molar-refractivity contribution in [2.75, 3.05) is 11.4 Å². The third-order valence-corrected chi connectivity index (χ3v) is 4.31. The number of ether oxygens (including phenoxy) is 1. The summed E-state index contributed by atoms with van der Waals surface area (Å²) >= 11 is 3.39. The summed E-state index contributed by atoms with van der Waals surface area (Å²) in [6.07, 6.45) is 0.178. The first-order valence-electron chi connectivity index (χ1n) is 7.37. The second-order valence-electron chi connectivity index (χ2n) is 5.62. The maximum absolute atomic E-state index is 12.3. The van der Waals surface area contributed by atoms with Crippen molar-refractivity contribution in [1.29, 1.82) is 0 Å². The van der Waals surface area contributed by atoms with E-state index in [9.17, 15) is 9.59 Å². The van der Waals surface area contributed by atoms with Gasteiger partial charge in [0.15, 0.2) is 0 Å². The van der Waals surface area contributed by atoms with Crippen molar-refractivity contribution in [3.63, 3.8) is 0 Å². The Balaban J connectivity index is 1.69. The molecule has 4 nitrogen and oxygen atoms in total. The van der Waals surface area contributed by atoms with E-state index in [1.54, 1.807) is 17.0 Å². The second kappa shape index (κ2) is 6.54. The number of benzene rings is 2. The Labute approximate surface area is 143 Å². The molecule has 1 atom stereocenters. The summed E-state index contributed by atoms with van der Waals surface area (Å²) in [5.41, 5.74) is 1.89. The number of rotatable bonds is 3. The Kier molecular flexibility index (Phi) is 4.48. The molecule has 0 aromatic heterocycles. The summed E-state index contributed by atoms with van der Waals surface area (Å²) in [6, 6.07) is 14.8. The van der Waals surface area contributed by atoms with Crippen LogP contribution in [0.25, 0.3) is 0 Å². The maximum atomic E-state index is 12.3. The largest absolute Gasteiger partial charge is 0.426 e. The van der Waals surface area contributed by atoms with Crippen molar-refractivity contribution in [2.24, 2.45) is 5.92 Å². The van der Waals surface area contributed by atoms with E-state index in [1.807, 2.05) is 43.3 Å². The quantitative estimate of drug-likeness (QED) is 0.608. The van der Waals surface area contributed by atoms with Crippen molar-refractivity contribution in [2.45, 2.75) is 13.3 Å². The molecule has 1 amide bonds. The van der Waals surface area contributed by atoms with E-state index in [1.165, 1.54) is 0 Å². The lowest BCUT2D eigenvalue weighted by atomic mass is 10.1. The molecule has 2 aromatic carbocycles. The van der Waals surface area contributed by atoms with E-state index in [0.29, 0.717) is 12.3 Å². The summed E-state index contributed by atoms with van der Waals surface area (Å²) in [5.74, 6) is -0.356. The lowest BCUT2D eigenvalue weighted by Crippen LogP contribution is -2.27. The number of hydrogen-bond acceptors (Lipinski definition) is 3. The van der Waals surface area contributed by atoms with E-state index in [0.717, 1.165) is 15.7 Å². The highest BCUT2D eigenvalue weighted by Crippen LogP contribution is 2.28. The number of nitrogens with zero attached hydrogens (tertiary/aromatic N) is 1. The Bertz CT molecular complexity index is 742. The molecule has 0 aliphatic carbocycles. The summed E-state index contributed by atoms with van der Waals surface area (Å²) in [6.45, 7) is 2.32. The van der Waals surface area contributed by atoms with Crippen molar-refractivity contribution >= 4 is 33.5 Å². The van der Waals surface area contributed by atoms with Gasteiger partial charge in [0.1, 0.15) is 5.75 Å². The monoisotopic (exact) mass is 373 g/mol. The van der Waals surface area contributed by atoms with Gasteiger partial charge in [-0.3, -0.25) is 9.59 Å². The molecule has 118 valence electrons. The van der Waals surface area contributed by atoms with Gasteiger partial charge in [0, 0.05) is 23.1 Å². The highest BCUT2D eigenvalue weighted by molar-refractivity contribution is 9.10. The third-order valence-electron chi connectivity index (χ3n) is 3.82. The molecule has 1 aliphatic rings. The highest BCUT2D eigenvalue weighted by Gasteiger charge is 2.36. The second-order valence-corrected chi connectivity index (χ2v) is 6.54. The third kappa shape index (κ3) is 3.62. The molecule has 1 saturated heterocycles. The predicted octanol–water partition coefficient (Wildman–Crippen LogP) is 3.72. The predicted molar refractivity (Wildman–Crippen MR) is 91.4 cm³/mol. The molecule has 0 bridgehead atoms. The fraction of sp³-hybridized carbons (Fsp3) is 0.222. The number of amides is 1. The molecule has 5 heteroatoms. The Morgan fingerprint density at radius 3 is 2.65 bits per heavy atom. The normalized spacial score (nSPS) is 17.4. The van der Waals surface area contributed by atoms with Gasteiger partial charge < -0.3 is 9.64 Å². The number of hydrogen-bond donors (Lipinski definition) is 0. The van der Waals surface area contributed by atoms with Crippen LogP contribution in [0.4, 0.5) is 5.69 Å². The molecule has 0 radical (unpaired) electrons. The topological polar surface area (TPSA) is 46.6 Å². The molecule has 0 N–H and O–H groups in total.